The van der Waals surface area contributed by atoms with Crippen molar-refractivity contribution in [2.45, 2.75) is 19.9 Å². The highest BCUT2D eigenvalue weighted by Gasteiger charge is 2.25. The number of nitrogens with one attached hydrogen (secondary N) is 1. The zero-order valence-corrected chi connectivity index (χ0v) is 15.8. The number of amides is 1. The van der Waals surface area contributed by atoms with E-state index >= 15 is 0 Å². The minimum absolute atomic E-state index is 0.0940. The number of benzene rings is 1. The molecule has 1 amide bonds. The van der Waals surface area contributed by atoms with E-state index in [9.17, 15) is 13.2 Å². The minimum Gasteiger partial charge on any atom is -0.454 e. The molecule has 146 valence electrons. The molecule has 0 atom stereocenters. The highest BCUT2D eigenvalue weighted by Crippen LogP contribution is 2.36. The molecule has 0 fully saturated rings. The fourth-order valence-corrected chi connectivity index (χ4v) is 3.70. The molecule has 1 N–H and O–H groups in total. The Kier molecular flexibility index (Phi) is 5.84. The summed E-state index contributed by atoms with van der Waals surface area (Å²) in [5.41, 5.74) is 0.370. The molecule has 0 aliphatic carbocycles. The Balaban J connectivity index is 1.62. The van der Waals surface area contributed by atoms with Gasteiger partial charge in [0.25, 0.3) is 0 Å². The normalized spacial score (nSPS) is 12.8. The lowest BCUT2D eigenvalue weighted by molar-refractivity contribution is -0.119. The van der Waals surface area contributed by atoms with Gasteiger partial charge in [0.15, 0.2) is 11.5 Å². The van der Waals surface area contributed by atoms with Crippen molar-refractivity contribution in [3.05, 3.63) is 36.9 Å². The maximum Gasteiger partial charge on any atom is 0.240 e. The van der Waals surface area contributed by atoms with Gasteiger partial charge < -0.3 is 19.4 Å². The monoisotopic (exact) mass is 394 g/mol. The summed E-state index contributed by atoms with van der Waals surface area (Å²) in [6.07, 6.45) is 5.96. The highest BCUT2D eigenvalue weighted by molar-refractivity contribution is 7.92. The number of ether oxygens (including phenoxy) is 2. The van der Waals surface area contributed by atoms with Gasteiger partial charge in [-0.1, -0.05) is 0 Å². The fourth-order valence-electron chi connectivity index (χ4n) is 2.64. The molecule has 1 aliphatic heterocycles. The minimum atomic E-state index is -3.63. The third-order valence-electron chi connectivity index (χ3n) is 4.11. The molecule has 0 spiro atoms. The Morgan fingerprint density at radius 1 is 1.33 bits per heavy atom. The Labute approximate surface area is 158 Å². The molecule has 1 aromatic heterocycles. The van der Waals surface area contributed by atoms with Crippen molar-refractivity contribution in [2.24, 2.45) is 0 Å². The van der Waals surface area contributed by atoms with Crippen LogP contribution >= 0.6 is 0 Å². The van der Waals surface area contributed by atoms with Crippen LogP contribution in [0, 0.1) is 0 Å². The Morgan fingerprint density at radius 3 is 2.89 bits per heavy atom. The van der Waals surface area contributed by atoms with Crippen LogP contribution in [-0.4, -0.2) is 49.5 Å². The van der Waals surface area contributed by atoms with E-state index in [1.54, 1.807) is 37.6 Å². The molecule has 0 bridgehead atoms. The first kappa shape index (κ1) is 19.0. The summed E-state index contributed by atoms with van der Waals surface area (Å²) in [6.45, 7) is 2.51. The second-order valence-electron chi connectivity index (χ2n) is 5.95. The molecule has 0 saturated heterocycles. The van der Waals surface area contributed by atoms with E-state index in [2.05, 4.69) is 10.3 Å². The van der Waals surface area contributed by atoms with Crippen LogP contribution in [0.3, 0.4) is 0 Å². The Hall–Kier alpha value is -2.75. The van der Waals surface area contributed by atoms with Gasteiger partial charge in [-0.05, 0) is 25.5 Å². The van der Waals surface area contributed by atoms with E-state index in [0.717, 1.165) is 10.8 Å². The molecule has 3 rings (SSSR count). The van der Waals surface area contributed by atoms with Crippen molar-refractivity contribution in [3.63, 3.8) is 0 Å². The average Bonchev–Trinajstić information content (AvgIpc) is 3.34. The number of aromatic nitrogens is 2. The molecule has 2 aromatic rings. The number of aryl methyl sites for hydroxylation is 1. The molecule has 9 nitrogen and oxygen atoms in total. The van der Waals surface area contributed by atoms with E-state index in [4.69, 9.17) is 9.47 Å². The van der Waals surface area contributed by atoms with Crippen molar-refractivity contribution in [3.8, 4) is 11.5 Å². The van der Waals surface area contributed by atoms with Crippen molar-refractivity contribution in [1.29, 1.82) is 0 Å². The largest absolute Gasteiger partial charge is 0.454 e. The number of hydrogen-bond donors (Lipinski definition) is 1. The van der Waals surface area contributed by atoms with Gasteiger partial charge in [0.2, 0.25) is 22.7 Å². The van der Waals surface area contributed by atoms with Crippen LogP contribution in [0.4, 0.5) is 5.69 Å². The number of hydrogen-bond acceptors (Lipinski definition) is 6. The summed E-state index contributed by atoms with van der Waals surface area (Å²) < 4.78 is 38.5. The SMILES string of the molecule is CCS(=O)(=O)N(CC(=O)NCCCn1ccnc1)c1ccc2c(c1)OCO2. The number of fused-ring (bicyclic) bond motifs is 1. The van der Waals surface area contributed by atoms with Gasteiger partial charge in [0.05, 0.1) is 17.8 Å². The summed E-state index contributed by atoms with van der Waals surface area (Å²) >= 11 is 0. The molecular formula is C17H22N4O5S. The molecule has 0 saturated carbocycles. The maximum absolute atomic E-state index is 12.5. The van der Waals surface area contributed by atoms with Crippen LogP contribution in [0.5, 0.6) is 11.5 Å². The van der Waals surface area contributed by atoms with E-state index in [1.165, 1.54) is 0 Å². The maximum atomic E-state index is 12.5. The van der Waals surface area contributed by atoms with E-state index in [1.807, 2.05) is 10.8 Å². The number of sulfonamides is 1. The van der Waals surface area contributed by atoms with Gasteiger partial charge in [-0.25, -0.2) is 13.4 Å². The van der Waals surface area contributed by atoms with Gasteiger partial charge in [-0.3, -0.25) is 9.10 Å². The van der Waals surface area contributed by atoms with Gasteiger partial charge in [-0.2, -0.15) is 0 Å². The summed E-state index contributed by atoms with van der Waals surface area (Å²) in [7, 11) is -3.63. The quantitative estimate of drug-likeness (QED) is 0.636. The number of rotatable bonds is 9. The van der Waals surface area contributed by atoms with E-state index in [0.29, 0.717) is 30.2 Å². The summed E-state index contributed by atoms with van der Waals surface area (Å²) in [5, 5.41) is 2.76. The molecule has 1 aliphatic rings. The first-order chi connectivity index (χ1) is 13.0. The first-order valence-corrected chi connectivity index (χ1v) is 10.2. The molecule has 0 unspecified atom stereocenters. The lowest BCUT2D eigenvalue weighted by atomic mass is 10.3. The number of carbonyl (C=O) groups is 1. The lowest BCUT2D eigenvalue weighted by Gasteiger charge is -2.23. The van der Waals surface area contributed by atoms with Crippen LogP contribution in [0.2, 0.25) is 0 Å². The van der Waals surface area contributed by atoms with Crippen molar-refractivity contribution >= 4 is 21.6 Å². The van der Waals surface area contributed by atoms with E-state index in [-0.39, 0.29) is 25.0 Å². The molecule has 1 aromatic carbocycles. The lowest BCUT2D eigenvalue weighted by Crippen LogP contribution is -2.41. The van der Waals surface area contributed by atoms with Crippen molar-refractivity contribution < 1.29 is 22.7 Å². The summed E-state index contributed by atoms with van der Waals surface area (Å²) in [6, 6.07) is 4.81. The topological polar surface area (TPSA) is 103 Å². The molecular weight excluding hydrogens is 372 g/mol. The predicted molar refractivity (Wildman–Crippen MR) is 99.2 cm³/mol. The predicted octanol–water partition coefficient (Wildman–Crippen LogP) is 0.974. The smallest absolute Gasteiger partial charge is 0.240 e. The molecule has 2 heterocycles. The van der Waals surface area contributed by atoms with Crippen LogP contribution in [0.15, 0.2) is 36.9 Å². The Morgan fingerprint density at radius 2 is 2.15 bits per heavy atom. The van der Waals surface area contributed by atoms with Crippen molar-refractivity contribution in [2.75, 3.05) is 29.9 Å². The van der Waals surface area contributed by atoms with Crippen LogP contribution in [0.25, 0.3) is 0 Å². The van der Waals surface area contributed by atoms with Crippen LogP contribution in [0.1, 0.15) is 13.3 Å². The number of carbonyl (C=O) groups excluding carboxylic acids is 1. The Bertz CT molecular complexity index is 883. The zero-order valence-electron chi connectivity index (χ0n) is 15.0. The van der Waals surface area contributed by atoms with Gasteiger partial charge in [0, 0.05) is 31.5 Å². The molecule has 0 radical (unpaired) electrons. The molecule has 27 heavy (non-hydrogen) atoms. The number of nitrogens with zero attached hydrogens (tertiary/aromatic N) is 3. The summed E-state index contributed by atoms with van der Waals surface area (Å²) in [4.78, 5) is 16.2. The fraction of sp³-hybridized carbons (Fsp3) is 0.412. The third-order valence-corrected chi connectivity index (χ3v) is 5.85. The first-order valence-electron chi connectivity index (χ1n) is 8.62. The van der Waals surface area contributed by atoms with Gasteiger partial charge in [0.1, 0.15) is 6.54 Å². The van der Waals surface area contributed by atoms with Crippen LogP contribution in [-0.2, 0) is 21.4 Å². The van der Waals surface area contributed by atoms with Gasteiger partial charge in [-0.15, -0.1) is 0 Å². The molecule has 10 heteroatoms. The number of anilines is 1. The average molecular weight is 394 g/mol. The third kappa shape index (κ3) is 4.70. The summed E-state index contributed by atoms with van der Waals surface area (Å²) in [5.74, 6) is 0.534. The van der Waals surface area contributed by atoms with E-state index < -0.39 is 10.0 Å². The standard InChI is InChI=1S/C17H22N4O5S/c1-2-27(23,24)21(14-4-5-15-16(10-14)26-13-25-15)11-17(22)19-6-3-8-20-9-7-18-12-20/h4-5,7,9-10,12H,2-3,6,8,11,13H2,1H3,(H,19,22). The van der Waals surface area contributed by atoms with Crippen molar-refractivity contribution in [1.82, 2.24) is 14.9 Å². The number of imidazole rings is 1. The van der Waals surface area contributed by atoms with Crippen LogP contribution < -0.4 is 19.1 Å². The highest BCUT2D eigenvalue weighted by atomic mass is 32.2. The second-order valence-corrected chi connectivity index (χ2v) is 8.13. The second kappa shape index (κ2) is 8.30. The zero-order chi connectivity index (χ0) is 19.3. The van der Waals surface area contributed by atoms with Gasteiger partial charge >= 0.3 is 0 Å².